The molecule has 1 aliphatic heterocycles. The van der Waals surface area contributed by atoms with Crippen molar-refractivity contribution in [1.82, 2.24) is 4.31 Å². The third kappa shape index (κ3) is 5.66. The molecule has 0 aromatic heterocycles. The molecule has 2 aromatic rings. The first-order valence-electron chi connectivity index (χ1n) is 11.2. The predicted molar refractivity (Wildman–Crippen MR) is 130 cm³/mol. The summed E-state index contributed by atoms with van der Waals surface area (Å²) in [6.07, 6.45) is 0.315. The molecule has 9 heteroatoms. The number of hydrogen-bond acceptors (Lipinski definition) is 6. The zero-order chi connectivity index (χ0) is 24.2. The van der Waals surface area contributed by atoms with E-state index in [1.165, 1.54) is 23.5 Å². The Morgan fingerprint density at radius 3 is 2.24 bits per heavy atom. The molecule has 0 aliphatic carbocycles. The molecule has 2 aromatic carbocycles. The van der Waals surface area contributed by atoms with Crippen LogP contribution in [0.2, 0.25) is 0 Å². The Labute approximate surface area is 196 Å². The number of anilines is 2. The molecule has 0 spiro atoms. The summed E-state index contributed by atoms with van der Waals surface area (Å²) in [5, 5.41) is 2.85. The zero-order valence-corrected chi connectivity index (χ0v) is 20.7. The van der Waals surface area contributed by atoms with Gasteiger partial charge in [0.05, 0.1) is 19.3 Å². The molecule has 2 unspecified atom stereocenters. The Kier molecular flexibility index (Phi) is 7.99. The van der Waals surface area contributed by atoms with Crippen molar-refractivity contribution in [1.29, 1.82) is 0 Å². The second-order valence-electron chi connectivity index (χ2n) is 8.12. The summed E-state index contributed by atoms with van der Waals surface area (Å²) in [5.74, 6) is -0.188. The van der Waals surface area contributed by atoms with Crippen molar-refractivity contribution >= 4 is 27.3 Å². The van der Waals surface area contributed by atoms with E-state index in [9.17, 15) is 13.2 Å². The summed E-state index contributed by atoms with van der Waals surface area (Å²) < 4.78 is 38.5. The van der Waals surface area contributed by atoms with Crippen molar-refractivity contribution in [3.8, 4) is 5.75 Å². The molecule has 0 radical (unpaired) electrons. The number of methoxy groups -OCH3 is 1. The van der Waals surface area contributed by atoms with Crippen LogP contribution in [0.25, 0.3) is 0 Å². The Bertz CT molecular complexity index is 1060. The van der Waals surface area contributed by atoms with Crippen LogP contribution in [0.5, 0.6) is 5.75 Å². The van der Waals surface area contributed by atoms with Gasteiger partial charge >= 0.3 is 0 Å². The van der Waals surface area contributed by atoms with E-state index >= 15 is 0 Å². The van der Waals surface area contributed by atoms with E-state index in [2.05, 4.69) is 24.1 Å². The monoisotopic (exact) mass is 475 g/mol. The number of benzene rings is 2. The van der Waals surface area contributed by atoms with Crippen LogP contribution in [0.15, 0.2) is 47.4 Å². The molecule has 1 heterocycles. The summed E-state index contributed by atoms with van der Waals surface area (Å²) in [7, 11) is -2.38. The van der Waals surface area contributed by atoms with E-state index in [1.807, 2.05) is 24.3 Å². The van der Waals surface area contributed by atoms with E-state index in [-0.39, 0.29) is 28.4 Å². The number of rotatable bonds is 8. The topological polar surface area (TPSA) is 88.2 Å². The first-order valence-corrected chi connectivity index (χ1v) is 12.6. The second-order valence-corrected chi connectivity index (χ2v) is 10.0. The highest BCUT2D eigenvalue weighted by molar-refractivity contribution is 7.89. The van der Waals surface area contributed by atoms with Crippen molar-refractivity contribution in [2.75, 3.05) is 43.5 Å². The van der Waals surface area contributed by atoms with Gasteiger partial charge in [0.2, 0.25) is 10.0 Å². The third-order valence-corrected chi connectivity index (χ3v) is 7.73. The van der Waals surface area contributed by atoms with Crippen molar-refractivity contribution < 1.29 is 22.7 Å². The first kappa shape index (κ1) is 25.0. The van der Waals surface area contributed by atoms with Crippen molar-refractivity contribution in [3.63, 3.8) is 0 Å². The summed E-state index contributed by atoms with van der Waals surface area (Å²) in [6.45, 7) is 9.92. The maximum atomic E-state index is 13.0. The van der Waals surface area contributed by atoms with Gasteiger partial charge in [-0.15, -0.1) is 0 Å². The maximum absolute atomic E-state index is 13.0. The van der Waals surface area contributed by atoms with Crippen molar-refractivity contribution in [2.24, 2.45) is 0 Å². The summed E-state index contributed by atoms with van der Waals surface area (Å²) in [6, 6.07) is 12.0. The molecule has 8 nitrogen and oxygen atoms in total. The van der Waals surface area contributed by atoms with Crippen LogP contribution in [-0.4, -0.2) is 64.1 Å². The highest BCUT2D eigenvalue weighted by Gasteiger charge is 2.27. The number of ether oxygens (including phenoxy) is 2. The van der Waals surface area contributed by atoms with Gasteiger partial charge in [0.15, 0.2) is 0 Å². The van der Waals surface area contributed by atoms with E-state index in [0.717, 1.165) is 18.8 Å². The fourth-order valence-electron chi connectivity index (χ4n) is 4.07. The van der Waals surface area contributed by atoms with Crippen molar-refractivity contribution in [2.45, 2.75) is 44.8 Å². The lowest BCUT2D eigenvalue weighted by molar-refractivity contribution is -0.00521. The van der Waals surface area contributed by atoms with Gasteiger partial charge in [0.1, 0.15) is 10.6 Å². The fourth-order valence-corrected chi connectivity index (χ4v) is 5.71. The quantitative estimate of drug-likeness (QED) is 0.628. The van der Waals surface area contributed by atoms with Crippen LogP contribution >= 0.6 is 0 Å². The molecular formula is C24H33N3O5S. The lowest BCUT2D eigenvalue weighted by Gasteiger charge is -2.36. The summed E-state index contributed by atoms with van der Waals surface area (Å²) in [5.41, 5.74) is 1.93. The summed E-state index contributed by atoms with van der Waals surface area (Å²) in [4.78, 5) is 15.1. The number of sulfonamides is 1. The Balaban J connectivity index is 1.79. The second kappa shape index (κ2) is 10.5. The van der Waals surface area contributed by atoms with E-state index in [1.54, 1.807) is 19.9 Å². The van der Waals surface area contributed by atoms with Crippen LogP contribution in [0.1, 0.15) is 38.1 Å². The Morgan fingerprint density at radius 2 is 1.70 bits per heavy atom. The van der Waals surface area contributed by atoms with Gasteiger partial charge in [-0.05, 0) is 56.3 Å². The van der Waals surface area contributed by atoms with Gasteiger partial charge in [-0.3, -0.25) is 4.79 Å². The predicted octanol–water partition coefficient (Wildman–Crippen LogP) is 3.59. The molecule has 1 saturated heterocycles. The third-order valence-electron chi connectivity index (χ3n) is 5.66. The largest absolute Gasteiger partial charge is 0.495 e. The van der Waals surface area contributed by atoms with E-state index in [0.29, 0.717) is 18.8 Å². The molecule has 2 atom stereocenters. The molecule has 1 aliphatic rings. The minimum absolute atomic E-state index is 0.0211. The van der Waals surface area contributed by atoms with Crippen molar-refractivity contribution in [3.05, 3.63) is 48.0 Å². The highest BCUT2D eigenvalue weighted by atomic mass is 32.2. The number of nitrogens with zero attached hydrogens (tertiary/aromatic N) is 2. The lowest BCUT2D eigenvalue weighted by atomic mass is 10.1. The molecule has 1 amide bonds. The molecule has 0 saturated carbocycles. The number of nitrogens with one attached hydrogen (secondary N) is 1. The average molecular weight is 476 g/mol. The van der Waals surface area contributed by atoms with E-state index in [4.69, 9.17) is 9.47 Å². The maximum Gasteiger partial charge on any atom is 0.255 e. The van der Waals surface area contributed by atoms with Gasteiger partial charge < -0.3 is 19.7 Å². The minimum atomic E-state index is -3.79. The molecular weight excluding hydrogens is 442 g/mol. The smallest absolute Gasteiger partial charge is 0.255 e. The van der Waals surface area contributed by atoms with Gasteiger partial charge in [-0.25, -0.2) is 8.42 Å². The Hall–Kier alpha value is -2.62. The normalized spacial score (nSPS) is 18.9. The van der Waals surface area contributed by atoms with Crippen LogP contribution < -0.4 is 15.0 Å². The fraction of sp³-hybridized carbons (Fsp3) is 0.458. The van der Waals surface area contributed by atoms with Gasteiger partial charge in [-0.1, -0.05) is 13.8 Å². The average Bonchev–Trinajstić information content (AvgIpc) is 2.79. The number of carbonyl (C=O) groups excluding carboxylic acids is 1. The molecule has 0 bridgehead atoms. The van der Waals surface area contributed by atoms with Gasteiger partial charge in [0.25, 0.3) is 5.91 Å². The molecule has 1 N–H and O–H groups in total. The van der Waals surface area contributed by atoms with Crippen LogP contribution in [0.4, 0.5) is 11.4 Å². The summed E-state index contributed by atoms with van der Waals surface area (Å²) >= 11 is 0. The first-order chi connectivity index (χ1) is 15.7. The number of hydrogen-bond donors (Lipinski definition) is 1. The van der Waals surface area contributed by atoms with Crippen LogP contribution in [0, 0.1) is 0 Å². The highest BCUT2D eigenvalue weighted by Crippen LogP contribution is 2.28. The molecule has 1 fully saturated rings. The van der Waals surface area contributed by atoms with Gasteiger partial charge in [-0.2, -0.15) is 4.31 Å². The molecule has 3 rings (SSSR count). The van der Waals surface area contributed by atoms with Crippen LogP contribution in [-0.2, 0) is 14.8 Å². The van der Waals surface area contributed by atoms with Crippen LogP contribution in [0.3, 0.4) is 0 Å². The van der Waals surface area contributed by atoms with E-state index < -0.39 is 15.9 Å². The standard InChI is InChI=1S/C24H33N3O5S/c1-6-27(7-2)33(29,30)23-14-19(8-13-22(23)31-5)24(28)25-20-9-11-21(12-10-20)26-15-17(3)32-18(4)16-26/h8-14,17-18H,6-7,15-16H2,1-5H3,(H,25,28). The Morgan fingerprint density at radius 1 is 1.09 bits per heavy atom. The molecule has 180 valence electrons. The minimum Gasteiger partial charge on any atom is -0.495 e. The SMILES string of the molecule is CCN(CC)S(=O)(=O)c1cc(C(=O)Nc2ccc(N3CC(C)OC(C)C3)cc2)ccc1OC. The van der Waals surface area contributed by atoms with Gasteiger partial charge in [0, 0.05) is 43.1 Å². The zero-order valence-electron chi connectivity index (χ0n) is 19.9. The molecule has 33 heavy (non-hydrogen) atoms. The number of morpholine rings is 1. The lowest BCUT2D eigenvalue weighted by Crippen LogP contribution is -2.45. The number of carbonyl (C=O) groups is 1. The number of amides is 1.